The van der Waals surface area contributed by atoms with Gasteiger partial charge in [-0.2, -0.15) is 0 Å². The fourth-order valence-electron chi connectivity index (χ4n) is 4.43. The Hall–Kier alpha value is -2.86. The van der Waals surface area contributed by atoms with Crippen molar-refractivity contribution in [1.82, 2.24) is 0 Å². The van der Waals surface area contributed by atoms with E-state index in [-0.39, 0.29) is 0 Å². The Kier molecular flexibility index (Phi) is 7.34. The molecule has 0 heteroatoms. The fraction of sp³-hybridized carbons (Fsp3) is 0.267. The summed E-state index contributed by atoms with van der Waals surface area (Å²) in [7, 11) is 0. The maximum absolute atomic E-state index is 2.50. The Morgan fingerprint density at radius 3 is 1.43 bits per heavy atom. The summed E-state index contributed by atoms with van der Waals surface area (Å²) in [5.41, 5.74) is 8.44. The summed E-state index contributed by atoms with van der Waals surface area (Å²) in [6.07, 6.45) is 24.3. The minimum atomic E-state index is 1.20. The van der Waals surface area contributed by atoms with Gasteiger partial charge in [0.25, 0.3) is 0 Å². The molecule has 0 aromatic heterocycles. The highest BCUT2D eigenvalue weighted by molar-refractivity contribution is 5.66. The van der Waals surface area contributed by atoms with Gasteiger partial charge < -0.3 is 0 Å². The van der Waals surface area contributed by atoms with Gasteiger partial charge in [-0.25, -0.2) is 0 Å². The lowest BCUT2D eigenvalue weighted by Gasteiger charge is -2.23. The number of benzene rings is 2. The molecule has 30 heavy (non-hydrogen) atoms. The minimum Gasteiger partial charge on any atom is -0.0807 e. The van der Waals surface area contributed by atoms with Gasteiger partial charge in [0, 0.05) is 0 Å². The zero-order chi connectivity index (χ0) is 20.4. The molecular formula is C30H32. The summed E-state index contributed by atoms with van der Waals surface area (Å²) in [5, 5.41) is 0. The lowest BCUT2D eigenvalue weighted by Crippen LogP contribution is -2.04. The van der Waals surface area contributed by atoms with Crippen LogP contribution in [-0.4, -0.2) is 0 Å². The van der Waals surface area contributed by atoms with Crippen molar-refractivity contribution in [1.29, 1.82) is 0 Å². The topological polar surface area (TPSA) is 0 Å². The normalized spacial score (nSPS) is 17.1. The van der Waals surface area contributed by atoms with Crippen molar-refractivity contribution in [3.8, 4) is 0 Å². The highest BCUT2D eigenvalue weighted by atomic mass is 14.2. The molecule has 2 aromatic rings. The molecule has 0 saturated carbocycles. The largest absolute Gasteiger partial charge is 0.0807 e. The van der Waals surface area contributed by atoms with E-state index < -0.39 is 0 Å². The Balaban J connectivity index is 1.80. The highest BCUT2D eigenvalue weighted by Crippen LogP contribution is 2.36. The van der Waals surface area contributed by atoms with Crippen molar-refractivity contribution in [3.05, 3.63) is 118 Å². The average molecular weight is 393 g/mol. The average Bonchev–Trinajstić information content (AvgIpc) is 2.83. The van der Waals surface area contributed by atoms with E-state index in [9.17, 15) is 0 Å². The third-order valence-electron chi connectivity index (χ3n) is 6.02. The summed E-state index contributed by atoms with van der Waals surface area (Å²) in [6.45, 7) is 0. The maximum Gasteiger partial charge on any atom is -0.0126 e. The predicted octanol–water partition coefficient (Wildman–Crippen LogP) is 8.71. The summed E-state index contributed by atoms with van der Waals surface area (Å²) >= 11 is 0. The first kappa shape index (κ1) is 20.4. The SMILES string of the molecule is C1=C(C(C2=CCCCC2)=C(/C=C/c2ccccc2)/C=C/c2ccccc2)CCCC1. The third kappa shape index (κ3) is 5.60. The van der Waals surface area contributed by atoms with E-state index >= 15 is 0 Å². The van der Waals surface area contributed by atoms with Crippen LogP contribution in [0.3, 0.4) is 0 Å². The number of rotatable bonds is 6. The van der Waals surface area contributed by atoms with E-state index in [1.807, 2.05) is 0 Å². The molecule has 0 amide bonds. The summed E-state index contributed by atoms with van der Waals surface area (Å²) in [6, 6.07) is 21.3. The van der Waals surface area contributed by atoms with Gasteiger partial charge in [-0.1, -0.05) is 97.1 Å². The van der Waals surface area contributed by atoms with E-state index in [1.54, 1.807) is 11.1 Å². The van der Waals surface area contributed by atoms with Crippen LogP contribution in [0.25, 0.3) is 12.2 Å². The number of allylic oxidation sites excluding steroid dienone is 8. The van der Waals surface area contributed by atoms with Gasteiger partial charge in [-0.05, 0) is 84.8 Å². The quantitative estimate of drug-likeness (QED) is 0.431. The first-order valence-corrected chi connectivity index (χ1v) is 11.5. The molecule has 0 heterocycles. The van der Waals surface area contributed by atoms with Crippen molar-refractivity contribution in [2.75, 3.05) is 0 Å². The lowest BCUT2D eigenvalue weighted by atomic mass is 9.82. The van der Waals surface area contributed by atoms with Gasteiger partial charge in [0.1, 0.15) is 0 Å². The second kappa shape index (κ2) is 10.8. The Morgan fingerprint density at radius 2 is 1.03 bits per heavy atom. The van der Waals surface area contributed by atoms with Gasteiger partial charge in [-0.3, -0.25) is 0 Å². The van der Waals surface area contributed by atoms with E-state index in [2.05, 4.69) is 97.1 Å². The molecule has 0 nitrogen and oxygen atoms in total. The van der Waals surface area contributed by atoms with Crippen LogP contribution < -0.4 is 0 Å². The van der Waals surface area contributed by atoms with Crippen LogP contribution in [0.5, 0.6) is 0 Å². The molecule has 0 unspecified atom stereocenters. The molecule has 0 saturated heterocycles. The van der Waals surface area contributed by atoms with Gasteiger partial charge in [0.15, 0.2) is 0 Å². The zero-order valence-corrected chi connectivity index (χ0v) is 17.9. The molecule has 0 spiro atoms. The van der Waals surface area contributed by atoms with Crippen molar-refractivity contribution < 1.29 is 0 Å². The van der Waals surface area contributed by atoms with Crippen molar-refractivity contribution >= 4 is 12.2 Å². The molecule has 0 N–H and O–H groups in total. The van der Waals surface area contributed by atoms with Crippen LogP contribution in [0.2, 0.25) is 0 Å². The molecule has 2 aliphatic carbocycles. The van der Waals surface area contributed by atoms with E-state index in [0.717, 1.165) is 0 Å². The minimum absolute atomic E-state index is 1.20. The zero-order valence-electron chi connectivity index (χ0n) is 17.9. The van der Waals surface area contributed by atoms with Gasteiger partial charge in [0.05, 0.1) is 0 Å². The Labute approximate surface area is 182 Å². The van der Waals surface area contributed by atoms with Crippen LogP contribution in [-0.2, 0) is 0 Å². The third-order valence-corrected chi connectivity index (χ3v) is 6.02. The molecule has 0 atom stereocenters. The first-order valence-electron chi connectivity index (χ1n) is 11.5. The Morgan fingerprint density at radius 1 is 0.567 bits per heavy atom. The molecule has 2 aromatic carbocycles. The smallest absolute Gasteiger partial charge is 0.0126 e. The second-order valence-electron chi connectivity index (χ2n) is 8.27. The molecule has 0 fully saturated rings. The van der Waals surface area contributed by atoms with Crippen molar-refractivity contribution in [3.63, 3.8) is 0 Å². The molecule has 0 radical (unpaired) electrons. The van der Waals surface area contributed by atoms with E-state index in [4.69, 9.17) is 0 Å². The molecule has 4 rings (SSSR count). The number of hydrogen-bond donors (Lipinski definition) is 0. The van der Waals surface area contributed by atoms with E-state index in [0.29, 0.717) is 0 Å². The standard InChI is InChI=1S/C30H32/c1-5-13-25(14-6-1)21-23-29(24-22-26-15-7-2-8-16-26)30(27-17-9-3-10-18-27)28-19-11-4-12-20-28/h1-2,5-8,13-17,19,21-24H,3-4,9-12,18,20H2/b23-21+,24-22+. The van der Waals surface area contributed by atoms with E-state index in [1.165, 1.54) is 73.6 Å². The summed E-state index contributed by atoms with van der Waals surface area (Å²) in [5.74, 6) is 0. The lowest BCUT2D eigenvalue weighted by molar-refractivity contribution is 0.685. The second-order valence-corrected chi connectivity index (χ2v) is 8.27. The summed E-state index contributed by atoms with van der Waals surface area (Å²) < 4.78 is 0. The summed E-state index contributed by atoms with van der Waals surface area (Å²) in [4.78, 5) is 0. The number of hydrogen-bond acceptors (Lipinski definition) is 0. The Bertz CT molecular complexity index is 886. The van der Waals surface area contributed by atoms with Crippen molar-refractivity contribution in [2.24, 2.45) is 0 Å². The van der Waals surface area contributed by atoms with Gasteiger partial charge >= 0.3 is 0 Å². The van der Waals surface area contributed by atoms with Crippen LogP contribution in [0.4, 0.5) is 0 Å². The van der Waals surface area contributed by atoms with Crippen LogP contribution in [0.15, 0.2) is 107 Å². The van der Waals surface area contributed by atoms with Crippen LogP contribution in [0.1, 0.15) is 62.5 Å². The molecular weight excluding hydrogens is 360 g/mol. The van der Waals surface area contributed by atoms with Crippen LogP contribution in [0, 0.1) is 0 Å². The molecule has 0 bridgehead atoms. The van der Waals surface area contributed by atoms with Crippen molar-refractivity contribution in [2.45, 2.75) is 51.4 Å². The van der Waals surface area contributed by atoms with Crippen LogP contribution >= 0.6 is 0 Å². The first-order chi connectivity index (χ1) is 14.9. The fourth-order valence-corrected chi connectivity index (χ4v) is 4.43. The predicted molar refractivity (Wildman–Crippen MR) is 131 cm³/mol. The highest BCUT2D eigenvalue weighted by Gasteiger charge is 2.17. The molecule has 2 aliphatic rings. The van der Waals surface area contributed by atoms with Gasteiger partial charge in [-0.15, -0.1) is 0 Å². The van der Waals surface area contributed by atoms with Gasteiger partial charge in [0.2, 0.25) is 0 Å². The maximum atomic E-state index is 2.50. The monoisotopic (exact) mass is 392 g/mol. The molecule has 152 valence electrons. The molecule has 0 aliphatic heterocycles.